The maximum absolute atomic E-state index is 13.1. The summed E-state index contributed by atoms with van der Waals surface area (Å²) in [5.74, 6) is -0.445. The number of benzene rings is 3. The van der Waals surface area contributed by atoms with Crippen LogP contribution in [0, 0.1) is 0 Å². The maximum Gasteiger partial charge on any atom is 0.370 e. The summed E-state index contributed by atoms with van der Waals surface area (Å²) in [6.07, 6.45) is 0. The number of rotatable bonds is 3. The molecular weight excluding hydrogens is 326 g/mol. The van der Waals surface area contributed by atoms with Crippen molar-refractivity contribution in [3.63, 3.8) is 0 Å². The van der Waals surface area contributed by atoms with Crippen LogP contribution in [0.3, 0.4) is 0 Å². The highest BCUT2D eigenvalue weighted by Gasteiger charge is 2.21. The fourth-order valence-corrected chi connectivity index (χ4v) is 2.80. The summed E-state index contributed by atoms with van der Waals surface area (Å²) in [6.45, 7) is 0. The van der Waals surface area contributed by atoms with Gasteiger partial charge in [-0.2, -0.15) is 0 Å². The van der Waals surface area contributed by atoms with Crippen molar-refractivity contribution in [2.45, 2.75) is 0 Å². The van der Waals surface area contributed by atoms with E-state index in [-0.39, 0.29) is 5.56 Å². The van der Waals surface area contributed by atoms with E-state index in [0.717, 1.165) is 0 Å². The Hall–Kier alpha value is -3.73. The molecule has 0 saturated carbocycles. The van der Waals surface area contributed by atoms with Crippen molar-refractivity contribution < 1.29 is 9.79 Å². The lowest BCUT2D eigenvalue weighted by Crippen LogP contribution is -2.46. The molecule has 0 aliphatic carbocycles. The number of aromatic nitrogens is 3. The van der Waals surface area contributed by atoms with Crippen molar-refractivity contribution in [3.8, 4) is 28.4 Å². The van der Waals surface area contributed by atoms with Gasteiger partial charge in [0, 0.05) is 0 Å². The van der Waals surface area contributed by atoms with Crippen LogP contribution in [0.2, 0.25) is 0 Å². The van der Waals surface area contributed by atoms with Gasteiger partial charge in [0.2, 0.25) is 0 Å². The van der Waals surface area contributed by atoms with Crippen LogP contribution < -0.4 is 15.3 Å². The molecule has 126 valence electrons. The molecule has 0 aliphatic rings. The van der Waals surface area contributed by atoms with Gasteiger partial charge in [-0.3, -0.25) is 0 Å². The van der Waals surface area contributed by atoms with E-state index >= 15 is 0 Å². The zero-order valence-corrected chi connectivity index (χ0v) is 13.8. The smallest absolute Gasteiger partial charge is 0.370 e. The van der Waals surface area contributed by atoms with Gasteiger partial charge in [0.1, 0.15) is 16.7 Å². The molecule has 0 radical (unpaired) electrons. The highest BCUT2D eigenvalue weighted by molar-refractivity contribution is 5.66. The molecule has 4 rings (SSSR count). The van der Waals surface area contributed by atoms with Crippen LogP contribution in [0.4, 0.5) is 0 Å². The Morgan fingerprint density at radius 2 is 1.31 bits per heavy atom. The third-order valence-corrected chi connectivity index (χ3v) is 4.06. The number of hydrogen-bond acceptors (Lipinski definition) is 3. The molecule has 0 fully saturated rings. The molecule has 0 unspecified atom stereocenters. The van der Waals surface area contributed by atoms with E-state index < -0.39 is 11.4 Å². The molecule has 0 N–H and O–H groups in total. The molecule has 1 aromatic heterocycles. The first-order valence-corrected chi connectivity index (χ1v) is 8.18. The lowest BCUT2D eigenvalue weighted by Gasteiger charge is -2.14. The summed E-state index contributed by atoms with van der Waals surface area (Å²) < 4.78 is 2.52. The molecular formula is C21H15N3O2. The Bertz CT molecular complexity index is 1090. The van der Waals surface area contributed by atoms with Gasteiger partial charge in [0.25, 0.3) is 0 Å². The molecule has 0 spiro atoms. The highest BCUT2D eigenvalue weighted by atomic mass is 16.3. The van der Waals surface area contributed by atoms with Gasteiger partial charge in [-0.15, -0.1) is 4.68 Å². The molecule has 4 aromatic rings. The lowest BCUT2D eigenvalue weighted by atomic mass is 10.1. The van der Waals surface area contributed by atoms with E-state index in [1.165, 1.54) is 9.36 Å². The highest BCUT2D eigenvalue weighted by Crippen LogP contribution is 2.21. The summed E-state index contributed by atoms with van der Waals surface area (Å²) in [6, 6.07) is 27.1. The predicted molar refractivity (Wildman–Crippen MR) is 96.2 cm³/mol. The Morgan fingerprint density at radius 1 is 0.769 bits per heavy atom. The van der Waals surface area contributed by atoms with Gasteiger partial charge in [-0.1, -0.05) is 71.4 Å². The van der Waals surface area contributed by atoms with Gasteiger partial charge in [0.05, 0.1) is 0 Å². The number of nitrogens with zero attached hydrogens (tertiary/aromatic N) is 3. The van der Waals surface area contributed by atoms with Crippen LogP contribution in [0.25, 0.3) is 22.5 Å². The van der Waals surface area contributed by atoms with E-state index in [0.29, 0.717) is 16.9 Å². The standard InChI is InChI=1S/C21H15N3O2/c25-20-19(16-10-4-1-5-11-16)21(26)24(18-14-8-3-9-15-18)22-23(20)17-12-6-2-7-13-17/h1-15H. The molecule has 26 heavy (non-hydrogen) atoms. The minimum atomic E-state index is -0.445. The topological polar surface area (TPSA) is 61.8 Å². The van der Waals surface area contributed by atoms with Crippen molar-refractivity contribution in [2.24, 2.45) is 0 Å². The van der Waals surface area contributed by atoms with Crippen molar-refractivity contribution >= 4 is 0 Å². The fraction of sp³-hybridized carbons (Fsp3) is 0. The third kappa shape index (κ3) is 2.75. The fourth-order valence-electron chi connectivity index (χ4n) is 2.80. The molecule has 3 aromatic carbocycles. The largest absolute Gasteiger partial charge is 0.840 e. The van der Waals surface area contributed by atoms with Gasteiger partial charge >= 0.3 is 5.56 Å². The molecule has 5 heteroatoms. The first-order valence-electron chi connectivity index (χ1n) is 8.18. The van der Waals surface area contributed by atoms with Crippen LogP contribution in [0.15, 0.2) is 95.8 Å². The molecule has 0 saturated heterocycles. The molecule has 0 aliphatic heterocycles. The quantitative estimate of drug-likeness (QED) is 0.537. The minimum Gasteiger partial charge on any atom is -0.840 e. The van der Waals surface area contributed by atoms with E-state index in [4.69, 9.17) is 0 Å². The van der Waals surface area contributed by atoms with Crippen molar-refractivity contribution in [1.82, 2.24) is 9.90 Å². The van der Waals surface area contributed by atoms with E-state index in [1.807, 2.05) is 42.5 Å². The SMILES string of the molecule is O=c1c(-c2ccccc2)c([O-])[n+](-c2ccccc2)nn1-c1ccccc1. The van der Waals surface area contributed by atoms with Crippen molar-refractivity contribution in [2.75, 3.05) is 0 Å². The van der Waals surface area contributed by atoms with Crippen LogP contribution >= 0.6 is 0 Å². The van der Waals surface area contributed by atoms with Gasteiger partial charge in [-0.05, 0) is 29.8 Å². The van der Waals surface area contributed by atoms with E-state index in [2.05, 4.69) is 5.21 Å². The van der Waals surface area contributed by atoms with Crippen LogP contribution in [-0.4, -0.2) is 9.90 Å². The Balaban J connectivity index is 2.07. The molecule has 5 nitrogen and oxygen atoms in total. The maximum atomic E-state index is 13.1. The first kappa shape index (κ1) is 15.8. The Kier molecular flexibility index (Phi) is 4.03. The summed E-state index contributed by atoms with van der Waals surface area (Å²) in [4.78, 5) is 13.1. The van der Waals surface area contributed by atoms with Crippen molar-refractivity contribution in [3.05, 3.63) is 101 Å². The lowest BCUT2D eigenvalue weighted by molar-refractivity contribution is -0.710. The van der Waals surface area contributed by atoms with E-state index in [9.17, 15) is 9.90 Å². The Labute approximate surface area is 150 Å². The normalized spacial score (nSPS) is 10.6. The van der Waals surface area contributed by atoms with Crippen LogP contribution in [-0.2, 0) is 0 Å². The second-order valence-corrected chi connectivity index (χ2v) is 5.74. The van der Waals surface area contributed by atoms with E-state index in [1.54, 1.807) is 48.5 Å². The Morgan fingerprint density at radius 3 is 1.92 bits per heavy atom. The third-order valence-electron chi connectivity index (χ3n) is 4.06. The molecule has 1 heterocycles. The molecule has 0 bridgehead atoms. The second kappa shape index (κ2) is 6.64. The summed E-state index contributed by atoms with van der Waals surface area (Å²) in [7, 11) is 0. The average Bonchev–Trinajstić information content (AvgIpc) is 2.70. The number of para-hydroxylation sites is 2. The van der Waals surface area contributed by atoms with Gasteiger partial charge in [-0.25, -0.2) is 4.79 Å². The molecule has 0 atom stereocenters. The van der Waals surface area contributed by atoms with Gasteiger partial charge in [0.15, 0.2) is 11.4 Å². The minimum absolute atomic E-state index is 0.0910. The second-order valence-electron chi connectivity index (χ2n) is 5.74. The summed E-state index contributed by atoms with van der Waals surface area (Å²) in [5, 5.41) is 17.4. The predicted octanol–water partition coefficient (Wildman–Crippen LogP) is 2.25. The van der Waals surface area contributed by atoms with Crippen LogP contribution in [0.1, 0.15) is 0 Å². The summed E-state index contributed by atoms with van der Waals surface area (Å²) >= 11 is 0. The monoisotopic (exact) mass is 341 g/mol. The van der Waals surface area contributed by atoms with Crippen molar-refractivity contribution in [1.29, 1.82) is 0 Å². The average molecular weight is 341 g/mol. The van der Waals surface area contributed by atoms with Gasteiger partial charge < -0.3 is 5.11 Å². The molecule has 0 amide bonds. The first-order chi connectivity index (χ1) is 12.8. The summed E-state index contributed by atoms with van der Waals surface area (Å²) in [5.41, 5.74) is 1.41. The zero-order valence-electron chi connectivity index (χ0n) is 13.8. The number of hydrogen-bond donors (Lipinski definition) is 0. The zero-order chi connectivity index (χ0) is 17.9. The van der Waals surface area contributed by atoms with Crippen LogP contribution in [0.5, 0.6) is 5.88 Å².